The molecule has 0 atom stereocenters. The highest BCUT2D eigenvalue weighted by Crippen LogP contribution is 2.32. The molecule has 1 aromatic carbocycles. The zero-order valence-corrected chi connectivity index (χ0v) is 10.6. The number of carboxylic acid groups (broad SMARTS) is 1. The second-order valence-corrected chi connectivity index (χ2v) is 4.22. The molecule has 2 rings (SSSR count). The van der Waals surface area contributed by atoms with Crippen LogP contribution in [0.5, 0.6) is 0 Å². The van der Waals surface area contributed by atoms with Crippen molar-refractivity contribution in [3.05, 3.63) is 58.0 Å². The number of nitro groups is 1. The van der Waals surface area contributed by atoms with Gasteiger partial charge in [-0.25, -0.2) is 4.79 Å². The van der Waals surface area contributed by atoms with Crippen LogP contribution in [0.4, 0.5) is 11.4 Å². The summed E-state index contributed by atoms with van der Waals surface area (Å²) in [5.74, 6) is -1.32. The number of furan rings is 1. The average Bonchev–Trinajstić information content (AvgIpc) is 2.90. The van der Waals surface area contributed by atoms with Gasteiger partial charge < -0.3 is 14.4 Å². The first-order valence-electron chi connectivity index (χ1n) is 5.73. The summed E-state index contributed by atoms with van der Waals surface area (Å²) < 4.78 is 4.94. The maximum Gasteiger partial charge on any atom is 0.342 e. The molecular weight excluding hydrogens is 264 g/mol. The summed E-state index contributed by atoms with van der Waals surface area (Å²) in [5.41, 5.74) is 0.344. The van der Waals surface area contributed by atoms with Gasteiger partial charge in [-0.15, -0.1) is 0 Å². The molecule has 0 spiro atoms. The van der Waals surface area contributed by atoms with E-state index in [0.29, 0.717) is 6.54 Å². The fourth-order valence-corrected chi connectivity index (χ4v) is 1.95. The van der Waals surface area contributed by atoms with Gasteiger partial charge in [0.15, 0.2) is 0 Å². The van der Waals surface area contributed by atoms with Crippen LogP contribution in [0.15, 0.2) is 41.2 Å². The molecule has 1 aromatic heterocycles. The number of aromatic carboxylic acids is 1. The number of carbonyl (C=O) groups is 1. The number of nitro benzene ring substituents is 1. The maximum absolute atomic E-state index is 11.2. The third-order valence-electron chi connectivity index (χ3n) is 2.84. The van der Waals surface area contributed by atoms with E-state index in [4.69, 9.17) is 9.52 Å². The number of benzene rings is 1. The topological polar surface area (TPSA) is 96.8 Å². The lowest BCUT2D eigenvalue weighted by molar-refractivity contribution is -0.384. The Morgan fingerprint density at radius 3 is 2.75 bits per heavy atom. The first kappa shape index (κ1) is 13.6. The van der Waals surface area contributed by atoms with Gasteiger partial charge in [-0.3, -0.25) is 10.1 Å². The van der Waals surface area contributed by atoms with Crippen molar-refractivity contribution in [2.45, 2.75) is 6.54 Å². The second kappa shape index (κ2) is 5.43. The molecule has 1 N–H and O–H groups in total. The number of hydrogen-bond acceptors (Lipinski definition) is 5. The first-order valence-corrected chi connectivity index (χ1v) is 5.73. The third kappa shape index (κ3) is 2.61. The van der Waals surface area contributed by atoms with Crippen molar-refractivity contribution in [1.82, 2.24) is 0 Å². The van der Waals surface area contributed by atoms with Crippen molar-refractivity contribution in [2.24, 2.45) is 0 Å². The molecule has 0 bridgehead atoms. The number of rotatable bonds is 5. The molecule has 0 fully saturated rings. The Morgan fingerprint density at radius 1 is 1.45 bits per heavy atom. The van der Waals surface area contributed by atoms with Crippen molar-refractivity contribution in [3.63, 3.8) is 0 Å². The lowest BCUT2D eigenvalue weighted by Gasteiger charge is -2.18. The van der Waals surface area contributed by atoms with Gasteiger partial charge >= 0.3 is 11.7 Å². The molecule has 0 saturated carbocycles. The largest absolute Gasteiger partial charge is 0.477 e. The molecule has 7 nitrogen and oxygen atoms in total. The summed E-state index contributed by atoms with van der Waals surface area (Å²) in [6.07, 6.45) is 3.04. The van der Waals surface area contributed by atoms with Gasteiger partial charge in [0.1, 0.15) is 11.3 Å². The highest BCUT2D eigenvalue weighted by atomic mass is 16.6. The molecule has 2 aromatic rings. The summed E-state index contributed by atoms with van der Waals surface area (Å²) in [6.45, 7) is 0.375. The van der Waals surface area contributed by atoms with Crippen molar-refractivity contribution < 1.29 is 19.2 Å². The number of anilines is 1. The van der Waals surface area contributed by atoms with Crippen LogP contribution in [0.25, 0.3) is 0 Å². The second-order valence-electron chi connectivity index (χ2n) is 4.22. The Kier molecular flexibility index (Phi) is 3.69. The van der Waals surface area contributed by atoms with Gasteiger partial charge in [0.2, 0.25) is 0 Å². The summed E-state index contributed by atoms with van der Waals surface area (Å²) in [5, 5.41) is 20.2. The predicted octanol–water partition coefficient (Wildman–Crippen LogP) is 2.52. The maximum atomic E-state index is 11.2. The van der Waals surface area contributed by atoms with Crippen molar-refractivity contribution in [1.29, 1.82) is 0 Å². The van der Waals surface area contributed by atoms with Gasteiger partial charge in [-0.05, 0) is 18.2 Å². The van der Waals surface area contributed by atoms with Crippen LogP contribution < -0.4 is 4.90 Å². The Morgan fingerprint density at radius 2 is 2.20 bits per heavy atom. The van der Waals surface area contributed by atoms with Crippen LogP contribution in [0.1, 0.15) is 15.9 Å². The number of nitrogens with zero attached hydrogens (tertiary/aromatic N) is 2. The zero-order chi connectivity index (χ0) is 14.7. The smallest absolute Gasteiger partial charge is 0.342 e. The molecule has 0 unspecified atom stereocenters. The quantitative estimate of drug-likeness (QED) is 0.665. The number of para-hydroxylation sites is 1. The minimum Gasteiger partial charge on any atom is -0.477 e. The molecule has 20 heavy (non-hydrogen) atoms. The van der Waals surface area contributed by atoms with E-state index in [9.17, 15) is 14.9 Å². The van der Waals surface area contributed by atoms with Crippen LogP contribution in [0.2, 0.25) is 0 Å². The zero-order valence-electron chi connectivity index (χ0n) is 10.6. The minimum atomic E-state index is -1.32. The van der Waals surface area contributed by atoms with Crippen molar-refractivity contribution in [2.75, 3.05) is 11.9 Å². The van der Waals surface area contributed by atoms with Crippen LogP contribution in [-0.4, -0.2) is 23.0 Å². The summed E-state index contributed by atoms with van der Waals surface area (Å²) in [6, 6.07) is 5.96. The van der Waals surface area contributed by atoms with Crippen molar-refractivity contribution in [3.8, 4) is 0 Å². The summed E-state index contributed by atoms with van der Waals surface area (Å²) in [7, 11) is 1.65. The van der Waals surface area contributed by atoms with E-state index in [0.717, 1.165) is 5.56 Å². The monoisotopic (exact) mass is 276 g/mol. The van der Waals surface area contributed by atoms with E-state index in [-0.39, 0.29) is 11.3 Å². The van der Waals surface area contributed by atoms with Crippen LogP contribution >= 0.6 is 0 Å². The van der Waals surface area contributed by atoms with Gasteiger partial charge in [-0.1, -0.05) is 6.07 Å². The Labute approximate surface area is 114 Å². The van der Waals surface area contributed by atoms with Gasteiger partial charge in [-0.2, -0.15) is 0 Å². The Bertz CT molecular complexity index is 636. The minimum absolute atomic E-state index is 0.246. The molecule has 1 heterocycles. The lowest BCUT2D eigenvalue weighted by Crippen LogP contribution is -2.18. The molecule has 0 aliphatic heterocycles. The van der Waals surface area contributed by atoms with E-state index in [1.54, 1.807) is 18.0 Å². The SMILES string of the molecule is CN(Cc1ccoc1)c1cccc(C(=O)O)c1[N+](=O)[O-]. The van der Waals surface area contributed by atoms with Crippen LogP contribution in [-0.2, 0) is 6.54 Å². The van der Waals surface area contributed by atoms with E-state index < -0.39 is 16.6 Å². The fraction of sp³-hybridized carbons (Fsp3) is 0.154. The molecular formula is C13H12N2O5. The molecule has 7 heteroatoms. The molecule has 0 aliphatic carbocycles. The number of carboxylic acids is 1. The number of hydrogen-bond donors (Lipinski definition) is 1. The molecule has 0 amide bonds. The Hall–Kier alpha value is -2.83. The average molecular weight is 276 g/mol. The third-order valence-corrected chi connectivity index (χ3v) is 2.84. The van der Waals surface area contributed by atoms with E-state index in [1.807, 2.05) is 0 Å². The van der Waals surface area contributed by atoms with Gasteiger partial charge in [0.05, 0.1) is 17.4 Å². The lowest BCUT2D eigenvalue weighted by atomic mass is 10.1. The van der Waals surface area contributed by atoms with Crippen LogP contribution in [0, 0.1) is 10.1 Å². The fourth-order valence-electron chi connectivity index (χ4n) is 1.95. The standard InChI is InChI=1S/C13H12N2O5/c1-14(7-9-5-6-20-8-9)11-4-2-3-10(13(16)17)12(11)15(18)19/h2-6,8H,7H2,1H3,(H,16,17). The van der Waals surface area contributed by atoms with Gasteiger partial charge in [0.25, 0.3) is 0 Å². The first-order chi connectivity index (χ1) is 9.50. The highest BCUT2D eigenvalue weighted by molar-refractivity contribution is 5.95. The van der Waals surface area contributed by atoms with Crippen LogP contribution in [0.3, 0.4) is 0 Å². The Balaban J connectivity index is 2.42. The normalized spacial score (nSPS) is 10.2. The van der Waals surface area contributed by atoms with E-state index in [1.165, 1.54) is 30.7 Å². The molecule has 104 valence electrons. The molecule has 0 aliphatic rings. The van der Waals surface area contributed by atoms with E-state index in [2.05, 4.69) is 0 Å². The van der Waals surface area contributed by atoms with E-state index >= 15 is 0 Å². The predicted molar refractivity (Wildman–Crippen MR) is 70.9 cm³/mol. The molecule has 0 saturated heterocycles. The summed E-state index contributed by atoms with van der Waals surface area (Å²) in [4.78, 5) is 23.2. The van der Waals surface area contributed by atoms with Crippen molar-refractivity contribution >= 4 is 17.3 Å². The molecule has 0 radical (unpaired) electrons. The summed E-state index contributed by atoms with van der Waals surface area (Å²) >= 11 is 0. The van der Waals surface area contributed by atoms with Gasteiger partial charge in [0, 0.05) is 19.2 Å². The highest BCUT2D eigenvalue weighted by Gasteiger charge is 2.26.